The Morgan fingerprint density at radius 1 is 0.789 bits per heavy atom. The molecule has 0 bridgehead atoms. The summed E-state index contributed by atoms with van der Waals surface area (Å²) in [6.45, 7) is 2.84. The summed E-state index contributed by atoms with van der Waals surface area (Å²) in [5.41, 5.74) is 2.59. The van der Waals surface area contributed by atoms with Crippen LogP contribution in [0.15, 0.2) is 48.5 Å². The Morgan fingerprint density at radius 3 is 1.95 bits per heavy atom. The van der Waals surface area contributed by atoms with E-state index in [1.54, 1.807) is 7.11 Å². The molecule has 19 heavy (non-hydrogen) atoms. The molecule has 0 aliphatic heterocycles. The second-order valence-electron chi connectivity index (χ2n) is 4.44. The molecule has 0 spiro atoms. The van der Waals surface area contributed by atoms with Crippen molar-refractivity contribution in [2.75, 3.05) is 13.7 Å². The van der Waals surface area contributed by atoms with Crippen molar-refractivity contribution in [3.8, 4) is 11.5 Å². The third-order valence-corrected chi connectivity index (χ3v) is 3.15. The lowest BCUT2D eigenvalue weighted by Gasteiger charge is -2.07. The maximum atomic E-state index is 5.73. The second-order valence-corrected chi connectivity index (χ2v) is 4.44. The minimum absolute atomic E-state index is 0.692. The van der Waals surface area contributed by atoms with Crippen LogP contribution in [0.4, 0.5) is 0 Å². The third kappa shape index (κ3) is 4.02. The molecule has 2 nitrogen and oxygen atoms in total. The highest BCUT2D eigenvalue weighted by molar-refractivity contribution is 5.28. The maximum Gasteiger partial charge on any atom is 0.119 e. The number of hydrogen-bond acceptors (Lipinski definition) is 2. The van der Waals surface area contributed by atoms with Gasteiger partial charge in [0.05, 0.1) is 13.7 Å². The molecule has 2 aromatic carbocycles. The van der Waals surface area contributed by atoms with Crippen LogP contribution >= 0.6 is 0 Å². The van der Waals surface area contributed by atoms with Gasteiger partial charge < -0.3 is 9.47 Å². The van der Waals surface area contributed by atoms with E-state index >= 15 is 0 Å². The van der Waals surface area contributed by atoms with Crippen molar-refractivity contribution >= 4 is 0 Å². The van der Waals surface area contributed by atoms with Crippen LogP contribution in [0.5, 0.6) is 11.5 Å². The van der Waals surface area contributed by atoms with Gasteiger partial charge in [-0.2, -0.15) is 0 Å². The molecule has 0 unspecified atom stereocenters. The molecule has 0 aliphatic rings. The molecular weight excluding hydrogens is 236 g/mol. The van der Waals surface area contributed by atoms with Crippen LogP contribution in [0.25, 0.3) is 0 Å². The summed E-state index contributed by atoms with van der Waals surface area (Å²) in [5.74, 6) is 1.82. The van der Waals surface area contributed by atoms with E-state index in [4.69, 9.17) is 9.47 Å². The first-order valence-electron chi connectivity index (χ1n) is 6.66. The van der Waals surface area contributed by atoms with E-state index in [1.807, 2.05) is 24.3 Å². The first-order chi connectivity index (χ1) is 9.31. The molecule has 0 N–H and O–H groups in total. The molecule has 2 aromatic rings. The Balaban J connectivity index is 1.81. The molecule has 0 fully saturated rings. The highest BCUT2D eigenvalue weighted by atomic mass is 16.5. The molecule has 0 saturated heterocycles. The number of aryl methyl sites for hydroxylation is 1. The predicted octanol–water partition coefficient (Wildman–Crippen LogP) is 3.88. The van der Waals surface area contributed by atoms with Gasteiger partial charge in [-0.25, -0.2) is 0 Å². The predicted molar refractivity (Wildman–Crippen MR) is 78.0 cm³/mol. The van der Waals surface area contributed by atoms with Gasteiger partial charge in [0.25, 0.3) is 0 Å². The van der Waals surface area contributed by atoms with E-state index in [-0.39, 0.29) is 0 Å². The average Bonchev–Trinajstić information content (AvgIpc) is 2.49. The minimum Gasteiger partial charge on any atom is -0.497 e. The molecule has 100 valence electrons. The molecule has 0 atom stereocenters. The Hall–Kier alpha value is -1.96. The first-order valence-corrected chi connectivity index (χ1v) is 6.66. The van der Waals surface area contributed by atoms with Gasteiger partial charge in [0.1, 0.15) is 11.5 Å². The highest BCUT2D eigenvalue weighted by Crippen LogP contribution is 2.14. The number of hydrogen-bond donors (Lipinski definition) is 0. The molecule has 0 heterocycles. The quantitative estimate of drug-likeness (QED) is 0.781. The molecule has 0 aromatic heterocycles. The van der Waals surface area contributed by atoms with Gasteiger partial charge >= 0.3 is 0 Å². The van der Waals surface area contributed by atoms with E-state index in [9.17, 15) is 0 Å². The van der Waals surface area contributed by atoms with E-state index in [2.05, 4.69) is 31.2 Å². The van der Waals surface area contributed by atoms with E-state index < -0.39 is 0 Å². The fraction of sp³-hybridized carbons (Fsp3) is 0.294. The van der Waals surface area contributed by atoms with Gasteiger partial charge in [0.15, 0.2) is 0 Å². The number of ether oxygens (including phenoxy) is 2. The fourth-order valence-electron chi connectivity index (χ4n) is 1.90. The summed E-state index contributed by atoms with van der Waals surface area (Å²) in [5, 5.41) is 0. The normalized spacial score (nSPS) is 10.2. The Bertz CT molecular complexity index is 438. The third-order valence-electron chi connectivity index (χ3n) is 3.15. The lowest BCUT2D eigenvalue weighted by Crippen LogP contribution is -2.01. The summed E-state index contributed by atoms with van der Waals surface area (Å²) in [6.07, 6.45) is 1.96. The maximum absolute atomic E-state index is 5.73. The number of methoxy groups -OCH3 is 1. The van der Waals surface area contributed by atoms with E-state index in [1.165, 1.54) is 11.1 Å². The SMILES string of the molecule is CCc1ccc(OCCc2ccc(OC)cc2)cc1. The molecule has 0 saturated carbocycles. The van der Waals surface area contributed by atoms with Crippen molar-refractivity contribution < 1.29 is 9.47 Å². The van der Waals surface area contributed by atoms with Crippen LogP contribution in [0.3, 0.4) is 0 Å². The van der Waals surface area contributed by atoms with Crippen molar-refractivity contribution in [2.45, 2.75) is 19.8 Å². The zero-order chi connectivity index (χ0) is 13.5. The summed E-state index contributed by atoms with van der Waals surface area (Å²) in [4.78, 5) is 0. The Labute approximate surface area is 115 Å². The highest BCUT2D eigenvalue weighted by Gasteiger charge is 1.97. The first kappa shape index (κ1) is 13.5. The van der Waals surface area contributed by atoms with Crippen molar-refractivity contribution in [3.63, 3.8) is 0 Å². The van der Waals surface area contributed by atoms with Crippen molar-refractivity contribution in [1.29, 1.82) is 0 Å². The fourth-order valence-corrected chi connectivity index (χ4v) is 1.90. The van der Waals surface area contributed by atoms with Crippen molar-refractivity contribution in [1.82, 2.24) is 0 Å². The lowest BCUT2D eigenvalue weighted by atomic mass is 10.1. The van der Waals surface area contributed by atoms with Crippen LogP contribution in [0, 0.1) is 0 Å². The van der Waals surface area contributed by atoms with Crippen LogP contribution in [-0.2, 0) is 12.8 Å². The average molecular weight is 256 g/mol. The molecule has 0 radical (unpaired) electrons. The van der Waals surface area contributed by atoms with E-state index in [0.29, 0.717) is 6.61 Å². The van der Waals surface area contributed by atoms with Gasteiger partial charge in [-0.15, -0.1) is 0 Å². The van der Waals surface area contributed by atoms with Gasteiger partial charge in [-0.1, -0.05) is 31.2 Å². The van der Waals surface area contributed by atoms with Crippen molar-refractivity contribution in [2.24, 2.45) is 0 Å². The number of benzene rings is 2. The van der Waals surface area contributed by atoms with Crippen LogP contribution in [0.2, 0.25) is 0 Å². The summed E-state index contributed by atoms with van der Waals surface area (Å²) < 4.78 is 10.9. The summed E-state index contributed by atoms with van der Waals surface area (Å²) in [6, 6.07) is 16.4. The molecule has 2 heteroatoms. The lowest BCUT2D eigenvalue weighted by molar-refractivity contribution is 0.322. The molecular formula is C17H20O2. The summed E-state index contributed by atoms with van der Waals surface area (Å²) in [7, 11) is 1.68. The van der Waals surface area contributed by atoms with Crippen LogP contribution < -0.4 is 9.47 Å². The van der Waals surface area contributed by atoms with Gasteiger partial charge in [-0.05, 0) is 41.8 Å². The zero-order valence-electron chi connectivity index (χ0n) is 11.6. The van der Waals surface area contributed by atoms with E-state index in [0.717, 1.165) is 24.3 Å². The standard InChI is InChI=1S/C17H20O2/c1-3-14-4-10-17(11-5-14)19-13-12-15-6-8-16(18-2)9-7-15/h4-11H,3,12-13H2,1-2H3. The van der Waals surface area contributed by atoms with Gasteiger partial charge in [0, 0.05) is 6.42 Å². The smallest absolute Gasteiger partial charge is 0.119 e. The summed E-state index contributed by atoms with van der Waals surface area (Å²) >= 11 is 0. The van der Waals surface area contributed by atoms with Crippen molar-refractivity contribution in [3.05, 3.63) is 59.7 Å². The monoisotopic (exact) mass is 256 g/mol. The van der Waals surface area contributed by atoms with Crippen LogP contribution in [-0.4, -0.2) is 13.7 Å². The van der Waals surface area contributed by atoms with Crippen LogP contribution in [0.1, 0.15) is 18.1 Å². The largest absolute Gasteiger partial charge is 0.497 e. The topological polar surface area (TPSA) is 18.5 Å². The van der Waals surface area contributed by atoms with Gasteiger partial charge in [-0.3, -0.25) is 0 Å². The molecule has 0 aliphatic carbocycles. The van der Waals surface area contributed by atoms with Gasteiger partial charge in [0.2, 0.25) is 0 Å². The zero-order valence-corrected chi connectivity index (χ0v) is 11.6. The molecule has 2 rings (SSSR count). The molecule has 0 amide bonds. The minimum atomic E-state index is 0.692. The Kier molecular flexibility index (Phi) is 4.85. The Morgan fingerprint density at radius 2 is 1.37 bits per heavy atom. The number of rotatable bonds is 6. The second kappa shape index (κ2) is 6.83.